The molecule has 3 aliphatic carbocycles. The van der Waals surface area contributed by atoms with E-state index in [2.05, 4.69) is 37.9 Å². The zero-order valence-electron chi connectivity index (χ0n) is 28.4. The first-order valence-corrected chi connectivity index (χ1v) is 16.9. The fourth-order valence-corrected chi connectivity index (χ4v) is 8.17. The van der Waals surface area contributed by atoms with Crippen LogP contribution in [0.4, 0.5) is 4.79 Å². The van der Waals surface area contributed by atoms with E-state index in [0.29, 0.717) is 35.8 Å². The molecule has 0 heterocycles. The number of halogens is 1. The van der Waals surface area contributed by atoms with Crippen LogP contribution in [0.3, 0.4) is 0 Å². The Bertz CT molecular complexity index is 1390. The van der Waals surface area contributed by atoms with Gasteiger partial charge in [-0.15, -0.1) is 12.4 Å². The predicted octanol–water partition coefficient (Wildman–Crippen LogP) is 8.68. The van der Waals surface area contributed by atoms with Gasteiger partial charge in [-0.2, -0.15) is 0 Å². The van der Waals surface area contributed by atoms with Crippen molar-refractivity contribution in [1.29, 1.82) is 0 Å². The Balaban J connectivity index is 0.000000302. The minimum Gasteiger partial charge on any atom is -0.410 e. The number of fused-ring (bicyclic) bond motifs is 2. The minimum absolute atomic E-state index is 0. The Kier molecular flexibility index (Phi) is 13.5. The molecule has 2 aromatic carbocycles. The summed E-state index contributed by atoms with van der Waals surface area (Å²) >= 11 is 0. The van der Waals surface area contributed by atoms with Crippen LogP contribution in [0.5, 0.6) is 5.75 Å². The number of carbonyl (C=O) groups excluding carboxylic acids is 1. The summed E-state index contributed by atoms with van der Waals surface area (Å²) in [5.41, 5.74) is 3.17. The van der Waals surface area contributed by atoms with Crippen molar-refractivity contribution in [1.82, 2.24) is 5.32 Å². The summed E-state index contributed by atoms with van der Waals surface area (Å²) in [5, 5.41) is 34.6. The average Bonchev–Trinajstić information content (AvgIpc) is 3.35. The number of ether oxygens (including phenoxy) is 1. The molecule has 0 saturated heterocycles. The number of hydrogen-bond donors (Lipinski definition) is 4. The van der Waals surface area contributed by atoms with E-state index in [-0.39, 0.29) is 12.4 Å². The molecule has 3 saturated carbocycles. The van der Waals surface area contributed by atoms with E-state index in [0.717, 1.165) is 40.7 Å². The quantitative estimate of drug-likeness (QED) is 0.240. The minimum atomic E-state index is -0.615. The van der Waals surface area contributed by atoms with Crippen molar-refractivity contribution in [3.05, 3.63) is 77.9 Å². The second-order valence-electron chi connectivity index (χ2n) is 14.5. The highest BCUT2D eigenvalue weighted by Crippen LogP contribution is 2.60. The molecule has 0 unspecified atom stereocenters. The molecule has 5 rings (SSSR count). The number of carbonyl (C=O) groups is 1. The largest absolute Gasteiger partial charge is 0.412 e. The normalized spacial score (nSPS) is 28.6. The maximum absolute atomic E-state index is 11.1. The lowest BCUT2D eigenvalue weighted by Gasteiger charge is -2.44. The molecule has 0 bridgehead atoms. The first-order valence-electron chi connectivity index (χ1n) is 16.9. The van der Waals surface area contributed by atoms with E-state index in [1.807, 2.05) is 50.2 Å². The van der Waals surface area contributed by atoms with Gasteiger partial charge in [0.15, 0.2) is 0 Å². The molecule has 3 fully saturated rings. The molecule has 0 aromatic heterocycles. The molecule has 3 aliphatic rings. The number of rotatable bonds is 7. The van der Waals surface area contributed by atoms with Crippen molar-refractivity contribution in [3.8, 4) is 5.75 Å². The van der Waals surface area contributed by atoms with Gasteiger partial charge in [0, 0.05) is 18.9 Å². The molecule has 2 aromatic rings. The smallest absolute Gasteiger partial charge is 0.410 e. The maximum atomic E-state index is 11.1. The molecule has 0 aliphatic heterocycles. The molecular formula is C39H56ClNO5. The molecule has 254 valence electrons. The van der Waals surface area contributed by atoms with Crippen molar-refractivity contribution >= 4 is 29.3 Å². The number of benzene rings is 2. The van der Waals surface area contributed by atoms with Crippen molar-refractivity contribution in [2.75, 3.05) is 7.05 Å². The summed E-state index contributed by atoms with van der Waals surface area (Å²) in [5.74, 6) is 2.68. The Morgan fingerprint density at radius 3 is 2.59 bits per heavy atom. The van der Waals surface area contributed by atoms with Crippen molar-refractivity contribution in [3.63, 3.8) is 0 Å². The van der Waals surface area contributed by atoms with Gasteiger partial charge in [-0.3, -0.25) is 0 Å². The number of nitrogens with one attached hydrogen (secondary N) is 1. The summed E-state index contributed by atoms with van der Waals surface area (Å²) in [7, 11) is 1.54. The van der Waals surface area contributed by atoms with Crippen LogP contribution < -0.4 is 10.1 Å². The summed E-state index contributed by atoms with van der Waals surface area (Å²) in [6.45, 7) is 12.8. The molecule has 6 nitrogen and oxygen atoms in total. The molecule has 0 spiro atoms. The van der Waals surface area contributed by atoms with E-state index in [1.54, 1.807) is 11.6 Å². The second-order valence-corrected chi connectivity index (χ2v) is 14.5. The predicted molar refractivity (Wildman–Crippen MR) is 190 cm³/mol. The van der Waals surface area contributed by atoms with Crippen LogP contribution in [0.15, 0.2) is 77.9 Å². The Morgan fingerprint density at radius 1 is 1.15 bits per heavy atom. The first kappa shape index (κ1) is 37.8. The first-order chi connectivity index (χ1) is 21.3. The van der Waals surface area contributed by atoms with Crippen LogP contribution in [0.2, 0.25) is 0 Å². The summed E-state index contributed by atoms with van der Waals surface area (Å²) in [4.78, 5) is 11.1. The molecule has 7 heteroatoms. The van der Waals surface area contributed by atoms with Gasteiger partial charge in [0.05, 0.1) is 17.8 Å². The van der Waals surface area contributed by atoms with Crippen LogP contribution in [0.1, 0.15) is 91.9 Å². The fraction of sp³-hybridized carbons (Fsp3) is 0.564. The van der Waals surface area contributed by atoms with Gasteiger partial charge in [-0.1, -0.05) is 87.4 Å². The number of allylic oxidation sites excluding steroid dienone is 3. The lowest BCUT2D eigenvalue weighted by molar-refractivity contribution is 0.0596. The highest BCUT2D eigenvalue weighted by Gasteiger charge is 2.50. The summed E-state index contributed by atoms with van der Waals surface area (Å²) in [6.07, 6.45) is 13.4. The Hall–Kier alpha value is -2.64. The zero-order valence-corrected chi connectivity index (χ0v) is 29.2. The number of hydrogen-bond acceptors (Lipinski definition) is 5. The van der Waals surface area contributed by atoms with Gasteiger partial charge in [-0.05, 0) is 105 Å². The third-order valence-corrected chi connectivity index (χ3v) is 10.6. The van der Waals surface area contributed by atoms with Gasteiger partial charge >= 0.3 is 6.09 Å². The third kappa shape index (κ3) is 9.47. The SMILES string of the molecule is C=C1/C(=C\C=C2/CCC[C@]3(C)[C@@H]([C@H](C)CCCC(C)(C)O)CC[C@@H]23)C[C@@H](O)C[C@@H]1O.CNC(=O)Oc1cccc2ccccc12.Cl. The Morgan fingerprint density at radius 2 is 1.87 bits per heavy atom. The molecule has 46 heavy (non-hydrogen) atoms. The highest BCUT2D eigenvalue weighted by atomic mass is 35.5. The van der Waals surface area contributed by atoms with Crippen molar-refractivity contribution in [2.45, 2.75) is 110 Å². The van der Waals surface area contributed by atoms with E-state index in [1.165, 1.54) is 45.6 Å². The third-order valence-electron chi connectivity index (χ3n) is 10.6. The highest BCUT2D eigenvalue weighted by molar-refractivity contribution is 5.90. The lowest BCUT2D eigenvalue weighted by atomic mass is 9.60. The van der Waals surface area contributed by atoms with Gasteiger partial charge in [0.2, 0.25) is 0 Å². The number of aliphatic hydroxyl groups excluding tert-OH is 2. The summed E-state index contributed by atoms with van der Waals surface area (Å²) < 4.78 is 5.13. The number of amides is 1. The number of aliphatic hydroxyl groups is 3. The van der Waals surface area contributed by atoms with E-state index < -0.39 is 23.9 Å². The lowest BCUT2D eigenvalue weighted by Crippen LogP contribution is -2.36. The fourth-order valence-electron chi connectivity index (χ4n) is 8.17. The van der Waals surface area contributed by atoms with Gasteiger partial charge in [-0.25, -0.2) is 4.79 Å². The monoisotopic (exact) mass is 653 g/mol. The zero-order chi connectivity index (χ0) is 32.8. The van der Waals surface area contributed by atoms with Crippen LogP contribution in [-0.4, -0.2) is 46.3 Å². The van der Waals surface area contributed by atoms with E-state index in [4.69, 9.17) is 4.74 Å². The second kappa shape index (κ2) is 16.5. The van der Waals surface area contributed by atoms with Crippen LogP contribution in [-0.2, 0) is 0 Å². The Labute approximate surface area is 282 Å². The van der Waals surface area contributed by atoms with Gasteiger partial charge in [0.25, 0.3) is 0 Å². The molecular weight excluding hydrogens is 598 g/mol. The topological polar surface area (TPSA) is 99.0 Å². The molecule has 6 atom stereocenters. The molecule has 4 N–H and O–H groups in total. The average molecular weight is 654 g/mol. The van der Waals surface area contributed by atoms with E-state index in [9.17, 15) is 20.1 Å². The molecule has 1 amide bonds. The van der Waals surface area contributed by atoms with Crippen LogP contribution >= 0.6 is 12.4 Å². The van der Waals surface area contributed by atoms with Crippen LogP contribution in [0, 0.1) is 23.2 Å². The van der Waals surface area contributed by atoms with Crippen molar-refractivity contribution < 1.29 is 24.9 Å². The van der Waals surface area contributed by atoms with E-state index >= 15 is 0 Å². The standard InChI is InChI=1S/C27H44O3.C12H11NO2.ClH/c1-18(8-6-14-26(3,4)30)23-12-13-24-20(9-7-15-27(23,24)5)10-11-21-16-22(28)17-25(29)19(21)2;1-13-12(14)15-11-8-4-6-9-5-2-3-7-10(9)11;/h10-11,18,22-25,28-30H,2,6-9,12-17H2,1,3-5H3;2-8H,1H3,(H,13,14);1H/b20-10+,21-11-;;/t18-,22-,23-,24+,25+,27-;;/m1../s1. The van der Waals surface area contributed by atoms with Gasteiger partial charge in [0.1, 0.15) is 5.75 Å². The van der Waals surface area contributed by atoms with Crippen molar-refractivity contribution in [2.24, 2.45) is 23.2 Å². The maximum Gasteiger partial charge on any atom is 0.412 e. The summed E-state index contributed by atoms with van der Waals surface area (Å²) in [6, 6.07) is 13.4. The molecule has 0 radical (unpaired) electrons. The van der Waals surface area contributed by atoms with Crippen LogP contribution in [0.25, 0.3) is 10.8 Å². The van der Waals surface area contributed by atoms with Gasteiger partial charge < -0.3 is 25.4 Å².